The summed E-state index contributed by atoms with van der Waals surface area (Å²) in [7, 11) is 0. The van der Waals surface area contributed by atoms with Crippen molar-refractivity contribution in [2.45, 2.75) is 13.0 Å². The highest BCUT2D eigenvalue weighted by molar-refractivity contribution is 9.10. The summed E-state index contributed by atoms with van der Waals surface area (Å²) in [6, 6.07) is 11.1. The average molecular weight is 382 g/mol. The van der Waals surface area contributed by atoms with Crippen LogP contribution in [0.2, 0.25) is 5.02 Å². The maximum absolute atomic E-state index is 12.1. The van der Waals surface area contributed by atoms with Crippen molar-refractivity contribution < 1.29 is 22.6 Å². The molecular weight excluding hydrogens is 373 g/mol. The Balaban J connectivity index is 2.03. The number of hydrogen-bond acceptors (Lipinski definition) is 2. The molecule has 0 aliphatic rings. The van der Waals surface area contributed by atoms with Crippen LogP contribution in [0, 0.1) is 0 Å². The molecule has 0 N–H and O–H groups in total. The van der Waals surface area contributed by atoms with Crippen molar-refractivity contribution in [3.8, 4) is 11.5 Å². The van der Waals surface area contributed by atoms with E-state index in [1.54, 1.807) is 18.2 Å². The average Bonchev–Trinajstić information content (AvgIpc) is 2.38. The van der Waals surface area contributed by atoms with Gasteiger partial charge in [-0.05, 0) is 51.8 Å². The van der Waals surface area contributed by atoms with E-state index in [0.717, 1.165) is 5.56 Å². The molecule has 2 nitrogen and oxygen atoms in total. The topological polar surface area (TPSA) is 18.5 Å². The molecule has 7 heteroatoms. The summed E-state index contributed by atoms with van der Waals surface area (Å²) >= 11 is 8.86. The van der Waals surface area contributed by atoms with E-state index in [1.807, 2.05) is 6.07 Å². The summed E-state index contributed by atoms with van der Waals surface area (Å²) in [6.45, 7) is 0.256. The van der Waals surface area contributed by atoms with Gasteiger partial charge in [-0.2, -0.15) is 0 Å². The van der Waals surface area contributed by atoms with Crippen molar-refractivity contribution in [1.82, 2.24) is 0 Å². The second-order valence-electron chi connectivity index (χ2n) is 4.06. The zero-order valence-electron chi connectivity index (χ0n) is 10.5. The Labute approximate surface area is 132 Å². The minimum absolute atomic E-state index is 0.156. The quantitative estimate of drug-likeness (QED) is 0.688. The second-order valence-corrected chi connectivity index (χ2v) is 5.35. The summed E-state index contributed by atoms with van der Waals surface area (Å²) < 4.78 is 45.9. The van der Waals surface area contributed by atoms with Gasteiger partial charge in [0.05, 0.1) is 4.47 Å². The van der Waals surface area contributed by atoms with Gasteiger partial charge in [0.1, 0.15) is 18.1 Å². The van der Waals surface area contributed by atoms with Gasteiger partial charge < -0.3 is 9.47 Å². The first-order chi connectivity index (χ1) is 9.83. The lowest BCUT2D eigenvalue weighted by Gasteiger charge is -2.12. The smallest absolute Gasteiger partial charge is 0.489 e. The van der Waals surface area contributed by atoms with Crippen LogP contribution < -0.4 is 9.47 Å². The van der Waals surface area contributed by atoms with E-state index in [4.69, 9.17) is 16.3 Å². The van der Waals surface area contributed by atoms with E-state index in [2.05, 4.69) is 20.7 Å². The fourth-order valence-electron chi connectivity index (χ4n) is 1.57. The Morgan fingerprint density at radius 2 is 1.86 bits per heavy atom. The third kappa shape index (κ3) is 5.13. The fourth-order valence-corrected chi connectivity index (χ4v) is 2.22. The molecule has 0 atom stereocenters. The number of alkyl halides is 3. The molecule has 0 unspecified atom stereocenters. The standard InChI is InChI=1S/C14H9BrClF3O2/c15-12-7-11(4-5-13(12)21-14(17,18)19)20-8-9-2-1-3-10(16)6-9/h1-7H,8H2. The van der Waals surface area contributed by atoms with Crippen LogP contribution in [0.15, 0.2) is 46.9 Å². The maximum atomic E-state index is 12.1. The zero-order valence-corrected chi connectivity index (χ0v) is 12.8. The van der Waals surface area contributed by atoms with Crippen molar-refractivity contribution in [1.29, 1.82) is 0 Å². The van der Waals surface area contributed by atoms with E-state index in [0.29, 0.717) is 10.8 Å². The number of benzene rings is 2. The van der Waals surface area contributed by atoms with E-state index < -0.39 is 6.36 Å². The Hall–Kier alpha value is -1.40. The van der Waals surface area contributed by atoms with Gasteiger partial charge >= 0.3 is 6.36 Å². The molecule has 0 radical (unpaired) electrons. The van der Waals surface area contributed by atoms with Crippen LogP contribution in [0.4, 0.5) is 13.2 Å². The zero-order chi connectivity index (χ0) is 15.5. The van der Waals surface area contributed by atoms with Crippen LogP contribution in [0.3, 0.4) is 0 Å². The van der Waals surface area contributed by atoms with Crippen LogP contribution in [-0.2, 0) is 6.61 Å². The molecule has 112 valence electrons. The Bertz CT molecular complexity index is 632. The van der Waals surface area contributed by atoms with Crippen molar-refractivity contribution in [3.05, 3.63) is 57.5 Å². The lowest BCUT2D eigenvalue weighted by atomic mass is 10.2. The van der Waals surface area contributed by atoms with E-state index in [9.17, 15) is 13.2 Å². The van der Waals surface area contributed by atoms with Crippen molar-refractivity contribution >= 4 is 27.5 Å². The normalized spacial score (nSPS) is 11.3. The molecule has 0 saturated heterocycles. The minimum Gasteiger partial charge on any atom is -0.489 e. The molecule has 2 rings (SSSR count). The SMILES string of the molecule is FC(F)(F)Oc1ccc(OCc2cccc(Cl)c2)cc1Br. The predicted molar refractivity (Wildman–Crippen MR) is 76.6 cm³/mol. The molecule has 0 amide bonds. The third-order valence-electron chi connectivity index (χ3n) is 2.42. The highest BCUT2D eigenvalue weighted by atomic mass is 79.9. The summed E-state index contributed by atoms with van der Waals surface area (Å²) in [4.78, 5) is 0. The Morgan fingerprint density at radius 1 is 1.10 bits per heavy atom. The van der Waals surface area contributed by atoms with Gasteiger partial charge in [0.2, 0.25) is 0 Å². The molecule has 21 heavy (non-hydrogen) atoms. The first-order valence-corrected chi connectivity index (χ1v) is 6.93. The number of hydrogen-bond donors (Lipinski definition) is 0. The number of ether oxygens (including phenoxy) is 2. The Kier molecular flexibility index (Phi) is 5.00. The summed E-state index contributed by atoms with van der Waals surface area (Å²) in [5, 5.41) is 0.589. The monoisotopic (exact) mass is 380 g/mol. The molecule has 0 aliphatic heterocycles. The largest absolute Gasteiger partial charge is 0.573 e. The molecule has 0 fully saturated rings. The van der Waals surface area contributed by atoms with Crippen LogP contribution in [0.1, 0.15) is 5.56 Å². The van der Waals surface area contributed by atoms with E-state index in [1.165, 1.54) is 18.2 Å². The highest BCUT2D eigenvalue weighted by Crippen LogP contribution is 2.33. The molecule has 2 aromatic carbocycles. The van der Waals surface area contributed by atoms with Gasteiger partial charge in [0.25, 0.3) is 0 Å². The molecular formula is C14H9BrClF3O2. The van der Waals surface area contributed by atoms with Crippen LogP contribution >= 0.6 is 27.5 Å². The number of halogens is 5. The molecule has 0 aromatic heterocycles. The van der Waals surface area contributed by atoms with Gasteiger partial charge in [-0.25, -0.2) is 0 Å². The summed E-state index contributed by atoms with van der Waals surface area (Å²) in [5.74, 6) is 0.0916. The van der Waals surface area contributed by atoms with Gasteiger partial charge in [0, 0.05) is 5.02 Å². The minimum atomic E-state index is -4.73. The molecule has 2 aromatic rings. The first kappa shape index (κ1) is 16.0. The summed E-state index contributed by atoms with van der Waals surface area (Å²) in [6.07, 6.45) is -4.73. The van der Waals surface area contributed by atoms with Crippen LogP contribution in [-0.4, -0.2) is 6.36 Å². The molecule has 0 aliphatic carbocycles. The van der Waals surface area contributed by atoms with Crippen molar-refractivity contribution in [3.63, 3.8) is 0 Å². The van der Waals surface area contributed by atoms with E-state index in [-0.39, 0.29) is 16.8 Å². The molecule has 0 saturated carbocycles. The van der Waals surface area contributed by atoms with Gasteiger partial charge in [-0.15, -0.1) is 13.2 Å². The molecule has 0 spiro atoms. The van der Waals surface area contributed by atoms with Gasteiger partial charge in [-0.1, -0.05) is 23.7 Å². The van der Waals surface area contributed by atoms with Gasteiger partial charge in [-0.3, -0.25) is 0 Å². The van der Waals surface area contributed by atoms with Crippen molar-refractivity contribution in [2.75, 3.05) is 0 Å². The van der Waals surface area contributed by atoms with Crippen LogP contribution in [0.25, 0.3) is 0 Å². The fraction of sp³-hybridized carbons (Fsp3) is 0.143. The lowest BCUT2D eigenvalue weighted by Crippen LogP contribution is -2.17. The number of rotatable bonds is 4. The Morgan fingerprint density at radius 3 is 2.48 bits per heavy atom. The lowest BCUT2D eigenvalue weighted by molar-refractivity contribution is -0.274. The van der Waals surface area contributed by atoms with E-state index >= 15 is 0 Å². The molecule has 0 heterocycles. The molecule has 0 bridgehead atoms. The predicted octanol–water partition coefficient (Wildman–Crippen LogP) is 5.58. The summed E-state index contributed by atoms with van der Waals surface area (Å²) in [5.41, 5.74) is 0.856. The maximum Gasteiger partial charge on any atom is 0.573 e. The second kappa shape index (κ2) is 6.58. The van der Waals surface area contributed by atoms with Crippen molar-refractivity contribution in [2.24, 2.45) is 0 Å². The van der Waals surface area contributed by atoms with Crippen LogP contribution in [0.5, 0.6) is 11.5 Å². The third-order valence-corrected chi connectivity index (χ3v) is 3.28. The first-order valence-electron chi connectivity index (χ1n) is 5.76. The highest BCUT2D eigenvalue weighted by Gasteiger charge is 2.31. The van der Waals surface area contributed by atoms with Gasteiger partial charge in [0.15, 0.2) is 0 Å².